The summed E-state index contributed by atoms with van der Waals surface area (Å²) in [6.45, 7) is 3.32. The fourth-order valence-corrected chi connectivity index (χ4v) is 1.57. The zero-order chi connectivity index (χ0) is 13.5. The first kappa shape index (κ1) is 13.5. The highest BCUT2D eigenvalue weighted by atomic mass is 35.5. The third kappa shape index (κ3) is 4.37. The van der Waals surface area contributed by atoms with Crippen LogP contribution in [0.3, 0.4) is 0 Å². The summed E-state index contributed by atoms with van der Waals surface area (Å²) in [6.07, 6.45) is 7.60. The van der Waals surface area contributed by atoms with Gasteiger partial charge in [-0.2, -0.15) is 0 Å². The summed E-state index contributed by atoms with van der Waals surface area (Å²) in [6, 6.07) is 1.71. The van der Waals surface area contributed by atoms with Crippen LogP contribution in [0.15, 0.2) is 30.9 Å². The van der Waals surface area contributed by atoms with Crippen LogP contribution in [0.5, 0.6) is 5.75 Å². The first-order valence-corrected chi connectivity index (χ1v) is 6.44. The third-order valence-corrected chi connectivity index (χ3v) is 2.53. The standard InChI is InChI=1S/C13H15ClN4O/c1-2-3-16-13-8-17-11(6-18-13)9-19-12-4-10(14)5-15-7-12/h4-8H,2-3,9H2,1H3,(H,16,18). The maximum atomic E-state index is 5.82. The minimum atomic E-state index is 0.336. The van der Waals surface area contributed by atoms with E-state index in [1.165, 1.54) is 0 Å². The lowest BCUT2D eigenvalue weighted by Crippen LogP contribution is -2.04. The Balaban J connectivity index is 1.89. The average molecular weight is 279 g/mol. The molecule has 6 heteroatoms. The molecule has 0 saturated carbocycles. The summed E-state index contributed by atoms with van der Waals surface area (Å²) < 4.78 is 5.52. The second-order valence-corrected chi connectivity index (χ2v) is 4.38. The number of hydrogen-bond donors (Lipinski definition) is 1. The van der Waals surface area contributed by atoms with Crippen molar-refractivity contribution in [1.82, 2.24) is 15.0 Å². The van der Waals surface area contributed by atoms with E-state index in [1.54, 1.807) is 30.9 Å². The Morgan fingerprint density at radius 2 is 2.11 bits per heavy atom. The van der Waals surface area contributed by atoms with Gasteiger partial charge < -0.3 is 10.1 Å². The van der Waals surface area contributed by atoms with E-state index >= 15 is 0 Å². The molecule has 2 heterocycles. The van der Waals surface area contributed by atoms with Gasteiger partial charge in [0.2, 0.25) is 0 Å². The van der Waals surface area contributed by atoms with E-state index in [4.69, 9.17) is 16.3 Å². The van der Waals surface area contributed by atoms with Gasteiger partial charge in [-0.05, 0) is 6.42 Å². The molecule has 0 aliphatic carbocycles. The van der Waals surface area contributed by atoms with Crippen LogP contribution in [0.1, 0.15) is 19.0 Å². The summed E-state index contributed by atoms with van der Waals surface area (Å²) in [7, 11) is 0. The SMILES string of the molecule is CCCNc1cnc(COc2cncc(Cl)c2)cn1. The molecule has 0 aliphatic rings. The molecule has 2 aromatic heterocycles. The molecule has 19 heavy (non-hydrogen) atoms. The molecule has 0 fully saturated rings. The molecule has 0 saturated heterocycles. The van der Waals surface area contributed by atoms with Crippen LogP contribution < -0.4 is 10.1 Å². The lowest BCUT2D eigenvalue weighted by atomic mass is 10.4. The number of nitrogens with one attached hydrogen (secondary N) is 1. The average Bonchev–Trinajstić information content (AvgIpc) is 2.44. The van der Waals surface area contributed by atoms with Gasteiger partial charge in [0.25, 0.3) is 0 Å². The Morgan fingerprint density at radius 3 is 2.79 bits per heavy atom. The number of anilines is 1. The smallest absolute Gasteiger partial charge is 0.144 e. The van der Waals surface area contributed by atoms with Crippen LogP contribution in [0.2, 0.25) is 5.02 Å². The van der Waals surface area contributed by atoms with E-state index in [-0.39, 0.29) is 0 Å². The van der Waals surface area contributed by atoms with Crippen LogP contribution in [-0.4, -0.2) is 21.5 Å². The first-order chi connectivity index (χ1) is 9.28. The van der Waals surface area contributed by atoms with Crippen LogP contribution in [0, 0.1) is 0 Å². The van der Waals surface area contributed by atoms with Crippen molar-refractivity contribution in [3.63, 3.8) is 0 Å². The fraction of sp³-hybridized carbons (Fsp3) is 0.308. The van der Waals surface area contributed by atoms with Gasteiger partial charge in [0.15, 0.2) is 0 Å². The van der Waals surface area contributed by atoms with Gasteiger partial charge in [-0.15, -0.1) is 0 Å². The molecule has 0 amide bonds. The number of hydrogen-bond acceptors (Lipinski definition) is 5. The summed E-state index contributed by atoms with van der Waals surface area (Å²) in [5, 5.41) is 3.71. The van der Waals surface area contributed by atoms with Gasteiger partial charge in [0.1, 0.15) is 18.2 Å². The molecule has 2 rings (SSSR count). The molecule has 0 unspecified atom stereocenters. The van der Waals surface area contributed by atoms with Gasteiger partial charge in [-0.3, -0.25) is 9.97 Å². The minimum absolute atomic E-state index is 0.336. The molecule has 0 aromatic carbocycles. The zero-order valence-corrected chi connectivity index (χ0v) is 11.4. The fourth-order valence-electron chi connectivity index (χ4n) is 1.40. The van der Waals surface area contributed by atoms with Crippen LogP contribution in [0.4, 0.5) is 5.82 Å². The largest absolute Gasteiger partial charge is 0.486 e. The number of halogens is 1. The zero-order valence-electron chi connectivity index (χ0n) is 10.6. The van der Waals surface area contributed by atoms with E-state index in [0.29, 0.717) is 17.4 Å². The maximum Gasteiger partial charge on any atom is 0.144 e. The Kier molecular flexibility index (Phi) is 4.92. The molecule has 0 radical (unpaired) electrons. The first-order valence-electron chi connectivity index (χ1n) is 6.06. The predicted octanol–water partition coefficient (Wildman–Crippen LogP) is 2.93. The lowest BCUT2D eigenvalue weighted by Gasteiger charge is -2.06. The Bertz CT molecular complexity index is 518. The van der Waals surface area contributed by atoms with E-state index in [0.717, 1.165) is 24.5 Å². The summed E-state index contributed by atoms with van der Waals surface area (Å²) in [4.78, 5) is 12.5. The van der Waals surface area contributed by atoms with Crippen molar-refractivity contribution in [3.8, 4) is 5.75 Å². The molecule has 0 atom stereocenters. The Labute approximate surface area is 117 Å². The predicted molar refractivity (Wildman–Crippen MR) is 74.4 cm³/mol. The summed E-state index contributed by atoms with van der Waals surface area (Å²) >= 11 is 5.82. The molecular weight excluding hydrogens is 264 g/mol. The lowest BCUT2D eigenvalue weighted by molar-refractivity contribution is 0.299. The topological polar surface area (TPSA) is 59.9 Å². The monoisotopic (exact) mass is 278 g/mol. The quantitative estimate of drug-likeness (QED) is 0.880. The van der Waals surface area contributed by atoms with Crippen LogP contribution >= 0.6 is 11.6 Å². The summed E-state index contributed by atoms with van der Waals surface area (Å²) in [5.41, 5.74) is 0.752. The minimum Gasteiger partial charge on any atom is -0.486 e. The number of nitrogens with zero attached hydrogens (tertiary/aromatic N) is 3. The van der Waals surface area contributed by atoms with Gasteiger partial charge >= 0.3 is 0 Å². The molecule has 2 aromatic rings. The molecule has 1 N–H and O–H groups in total. The van der Waals surface area contributed by atoms with Crippen LogP contribution in [0.25, 0.3) is 0 Å². The van der Waals surface area contributed by atoms with Gasteiger partial charge in [0, 0.05) is 18.8 Å². The molecular formula is C13H15ClN4O. The van der Waals surface area contributed by atoms with Crippen molar-refractivity contribution in [2.75, 3.05) is 11.9 Å². The van der Waals surface area contributed by atoms with Crippen molar-refractivity contribution in [2.24, 2.45) is 0 Å². The highest BCUT2D eigenvalue weighted by molar-refractivity contribution is 6.30. The summed E-state index contributed by atoms with van der Waals surface area (Å²) in [5.74, 6) is 1.39. The van der Waals surface area contributed by atoms with Crippen molar-refractivity contribution in [3.05, 3.63) is 41.6 Å². The number of aromatic nitrogens is 3. The Hall–Kier alpha value is -1.88. The molecule has 100 valence electrons. The van der Waals surface area contributed by atoms with Crippen molar-refractivity contribution in [1.29, 1.82) is 0 Å². The van der Waals surface area contributed by atoms with E-state index in [9.17, 15) is 0 Å². The van der Waals surface area contributed by atoms with Crippen molar-refractivity contribution >= 4 is 17.4 Å². The number of ether oxygens (including phenoxy) is 1. The van der Waals surface area contributed by atoms with E-state index < -0.39 is 0 Å². The van der Waals surface area contributed by atoms with E-state index in [1.807, 2.05) is 0 Å². The van der Waals surface area contributed by atoms with Crippen molar-refractivity contribution < 1.29 is 4.74 Å². The molecule has 0 bridgehead atoms. The van der Waals surface area contributed by atoms with Gasteiger partial charge in [-0.25, -0.2) is 4.98 Å². The van der Waals surface area contributed by atoms with E-state index in [2.05, 4.69) is 27.2 Å². The highest BCUT2D eigenvalue weighted by Gasteiger charge is 2.00. The van der Waals surface area contributed by atoms with Gasteiger partial charge in [0.05, 0.1) is 29.3 Å². The van der Waals surface area contributed by atoms with Crippen molar-refractivity contribution in [2.45, 2.75) is 20.0 Å². The normalized spacial score (nSPS) is 10.2. The molecule has 5 nitrogen and oxygen atoms in total. The highest BCUT2D eigenvalue weighted by Crippen LogP contribution is 2.16. The third-order valence-electron chi connectivity index (χ3n) is 2.33. The maximum absolute atomic E-state index is 5.82. The second-order valence-electron chi connectivity index (χ2n) is 3.95. The molecule has 0 aliphatic heterocycles. The van der Waals surface area contributed by atoms with Crippen LogP contribution in [-0.2, 0) is 6.61 Å². The Morgan fingerprint density at radius 1 is 1.21 bits per heavy atom. The second kappa shape index (κ2) is 6.89. The molecule has 0 spiro atoms. The number of pyridine rings is 1. The van der Waals surface area contributed by atoms with Gasteiger partial charge in [-0.1, -0.05) is 18.5 Å². The number of rotatable bonds is 6.